The van der Waals surface area contributed by atoms with Crippen LogP contribution in [0.5, 0.6) is 0 Å². The number of carbonyl (C=O) groups is 1. The van der Waals surface area contributed by atoms with Gasteiger partial charge in [0, 0.05) is 18.4 Å². The lowest BCUT2D eigenvalue weighted by Gasteiger charge is -2.10. The lowest BCUT2D eigenvalue weighted by Crippen LogP contribution is -2.26. The summed E-state index contributed by atoms with van der Waals surface area (Å²) in [6, 6.07) is 13.8. The van der Waals surface area contributed by atoms with E-state index in [0.717, 1.165) is 16.8 Å². The summed E-state index contributed by atoms with van der Waals surface area (Å²) in [5, 5.41) is 5.97. The number of amides is 1. The van der Waals surface area contributed by atoms with Crippen molar-refractivity contribution >= 4 is 17.5 Å². The van der Waals surface area contributed by atoms with E-state index in [1.807, 2.05) is 26.0 Å². The Labute approximate surface area is 157 Å². The van der Waals surface area contributed by atoms with Gasteiger partial charge in [-0.25, -0.2) is 14.4 Å². The van der Waals surface area contributed by atoms with Gasteiger partial charge in [-0.15, -0.1) is 0 Å². The zero-order valence-electron chi connectivity index (χ0n) is 15.3. The van der Waals surface area contributed by atoms with E-state index in [4.69, 9.17) is 0 Å². The van der Waals surface area contributed by atoms with Crippen LogP contribution >= 0.6 is 0 Å². The predicted molar refractivity (Wildman–Crippen MR) is 104 cm³/mol. The lowest BCUT2D eigenvalue weighted by molar-refractivity contribution is 0.0949. The molecule has 2 aromatic carbocycles. The van der Waals surface area contributed by atoms with Crippen molar-refractivity contribution < 1.29 is 9.18 Å². The molecule has 0 saturated carbocycles. The van der Waals surface area contributed by atoms with Crippen LogP contribution in [0, 0.1) is 19.7 Å². The Morgan fingerprint density at radius 3 is 2.59 bits per heavy atom. The van der Waals surface area contributed by atoms with Crippen molar-refractivity contribution in [2.24, 2.45) is 0 Å². The summed E-state index contributed by atoms with van der Waals surface area (Å²) in [7, 11) is 0. The number of hydrogen-bond acceptors (Lipinski definition) is 4. The van der Waals surface area contributed by atoms with Gasteiger partial charge >= 0.3 is 0 Å². The molecule has 3 rings (SSSR count). The molecule has 0 aliphatic carbocycles. The Bertz CT molecular complexity index is 941. The average molecular weight is 364 g/mol. The summed E-state index contributed by atoms with van der Waals surface area (Å²) in [4.78, 5) is 20.8. The van der Waals surface area contributed by atoms with Crippen molar-refractivity contribution in [2.45, 2.75) is 20.3 Å². The summed E-state index contributed by atoms with van der Waals surface area (Å²) >= 11 is 0. The van der Waals surface area contributed by atoms with E-state index in [1.165, 1.54) is 17.7 Å². The second kappa shape index (κ2) is 8.40. The van der Waals surface area contributed by atoms with E-state index in [9.17, 15) is 9.18 Å². The Kier molecular flexibility index (Phi) is 5.76. The van der Waals surface area contributed by atoms with Crippen LogP contribution in [-0.4, -0.2) is 22.4 Å². The van der Waals surface area contributed by atoms with Gasteiger partial charge in [0.1, 0.15) is 11.5 Å². The molecule has 27 heavy (non-hydrogen) atoms. The number of aromatic nitrogens is 2. The molecule has 3 aromatic rings. The second-order valence-corrected chi connectivity index (χ2v) is 6.34. The van der Waals surface area contributed by atoms with Crippen molar-refractivity contribution in [2.75, 3.05) is 11.9 Å². The molecule has 5 nitrogen and oxygen atoms in total. The number of benzene rings is 2. The Hall–Kier alpha value is -3.28. The molecule has 0 unspecified atom stereocenters. The van der Waals surface area contributed by atoms with Crippen molar-refractivity contribution in [1.29, 1.82) is 0 Å². The van der Waals surface area contributed by atoms with Crippen LogP contribution in [0.15, 0.2) is 54.7 Å². The van der Waals surface area contributed by atoms with Gasteiger partial charge in [0.2, 0.25) is 5.95 Å². The van der Waals surface area contributed by atoms with E-state index in [2.05, 4.69) is 26.7 Å². The number of rotatable bonds is 6. The smallest absolute Gasteiger partial charge is 0.270 e. The first-order chi connectivity index (χ1) is 13.0. The zero-order valence-corrected chi connectivity index (χ0v) is 15.3. The van der Waals surface area contributed by atoms with Crippen molar-refractivity contribution in [3.05, 3.63) is 82.9 Å². The predicted octanol–water partition coefficient (Wildman–Crippen LogP) is 3.95. The molecule has 0 aliphatic heterocycles. The number of nitrogens with one attached hydrogen (secondary N) is 2. The second-order valence-electron chi connectivity index (χ2n) is 6.34. The number of carbonyl (C=O) groups excluding carboxylic acids is 1. The van der Waals surface area contributed by atoms with Gasteiger partial charge in [-0.2, -0.15) is 0 Å². The summed E-state index contributed by atoms with van der Waals surface area (Å²) in [5.74, 6) is -0.177. The zero-order chi connectivity index (χ0) is 19.2. The monoisotopic (exact) mass is 364 g/mol. The first-order valence-electron chi connectivity index (χ1n) is 8.71. The first kappa shape index (κ1) is 18.5. The van der Waals surface area contributed by atoms with Crippen LogP contribution in [0.2, 0.25) is 0 Å². The largest absolute Gasteiger partial charge is 0.350 e. The molecule has 0 fully saturated rings. The minimum Gasteiger partial charge on any atom is -0.350 e. The standard InChI is InChI=1S/C21H21FN4O/c1-14-3-8-18(15(2)13-14)25-21-24-12-10-19(26-21)20(27)23-11-9-16-4-6-17(22)7-5-16/h3-8,10,12-13H,9,11H2,1-2H3,(H,23,27)(H,24,25,26). The van der Waals surface area contributed by atoms with E-state index in [1.54, 1.807) is 24.4 Å². The Morgan fingerprint density at radius 1 is 1.07 bits per heavy atom. The van der Waals surface area contributed by atoms with Crippen molar-refractivity contribution in [3.63, 3.8) is 0 Å². The highest BCUT2D eigenvalue weighted by Gasteiger charge is 2.09. The highest BCUT2D eigenvalue weighted by molar-refractivity contribution is 5.92. The summed E-state index contributed by atoms with van der Waals surface area (Å²) in [6.45, 7) is 4.47. The van der Waals surface area contributed by atoms with Gasteiger partial charge in [0.15, 0.2) is 0 Å². The van der Waals surface area contributed by atoms with Crippen molar-refractivity contribution in [3.8, 4) is 0 Å². The highest BCUT2D eigenvalue weighted by atomic mass is 19.1. The summed E-state index contributed by atoms with van der Waals surface area (Å²) < 4.78 is 12.9. The van der Waals surface area contributed by atoms with Crippen LogP contribution in [0.1, 0.15) is 27.2 Å². The van der Waals surface area contributed by atoms with E-state index >= 15 is 0 Å². The molecule has 0 bridgehead atoms. The lowest BCUT2D eigenvalue weighted by atomic mass is 10.1. The Morgan fingerprint density at radius 2 is 1.85 bits per heavy atom. The molecular formula is C21H21FN4O. The molecule has 0 saturated heterocycles. The van der Waals surface area contributed by atoms with Gasteiger partial charge in [-0.1, -0.05) is 29.8 Å². The van der Waals surface area contributed by atoms with Crippen molar-refractivity contribution in [1.82, 2.24) is 15.3 Å². The number of anilines is 2. The van der Waals surface area contributed by atoms with Crippen LogP contribution in [-0.2, 0) is 6.42 Å². The van der Waals surface area contributed by atoms with Crippen LogP contribution in [0.3, 0.4) is 0 Å². The molecule has 0 spiro atoms. The first-order valence-corrected chi connectivity index (χ1v) is 8.71. The molecule has 0 aliphatic rings. The molecule has 138 valence electrons. The maximum atomic E-state index is 12.9. The normalized spacial score (nSPS) is 10.5. The minimum absolute atomic E-state index is 0.271. The Balaban J connectivity index is 1.60. The minimum atomic E-state index is -0.275. The maximum absolute atomic E-state index is 12.9. The molecule has 1 heterocycles. The topological polar surface area (TPSA) is 66.9 Å². The van der Waals surface area contributed by atoms with E-state index in [0.29, 0.717) is 18.9 Å². The summed E-state index contributed by atoms with van der Waals surface area (Å²) in [6.07, 6.45) is 2.17. The van der Waals surface area contributed by atoms with Gasteiger partial charge in [0.05, 0.1) is 0 Å². The number of hydrogen-bond donors (Lipinski definition) is 2. The molecule has 2 N–H and O–H groups in total. The number of aryl methyl sites for hydroxylation is 2. The SMILES string of the molecule is Cc1ccc(Nc2nccc(C(=O)NCCc3ccc(F)cc3)n2)c(C)c1. The maximum Gasteiger partial charge on any atom is 0.270 e. The van der Waals surface area contributed by atoms with Crippen LogP contribution < -0.4 is 10.6 Å². The van der Waals surface area contributed by atoms with Gasteiger partial charge in [0.25, 0.3) is 5.91 Å². The molecule has 1 aromatic heterocycles. The van der Waals surface area contributed by atoms with E-state index in [-0.39, 0.29) is 17.4 Å². The molecule has 1 amide bonds. The molecule has 6 heteroatoms. The average Bonchev–Trinajstić information content (AvgIpc) is 2.66. The highest BCUT2D eigenvalue weighted by Crippen LogP contribution is 2.19. The fourth-order valence-corrected chi connectivity index (χ4v) is 2.68. The molecular weight excluding hydrogens is 343 g/mol. The summed E-state index contributed by atoms with van der Waals surface area (Å²) in [5.41, 5.74) is 4.39. The van der Waals surface area contributed by atoms with E-state index < -0.39 is 0 Å². The molecule has 0 atom stereocenters. The molecule has 0 radical (unpaired) electrons. The van der Waals surface area contributed by atoms with Crippen LogP contribution in [0.4, 0.5) is 16.0 Å². The fraction of sp³-hybridized carbons (Fsp3) is 0.190. The van der Waals surface area contributed by atoms with Gasteiger partial charge in [-0.3, -0.25) is 4.79 Å². The number of halogens is 1. The van der Waals surface area contributed by atoms with Gasteiger partial charge in [-0.05, 0) is 55.7 Å². The quantitative estimate of drug-likeness (QED) is 0.695. The third-order valence-electron chi connectivity index (χ3n) is 4.13. The third kappa shape index (κ3) is 5.10. The van der Waals surface area contributed by atoms with Gasteiger partial charge < -0.3 is 10.6 Å². The third-order valence-corrected chi connectivity index (χ3v) is 4.13. The number of nitrogens with zero attached hydrogens (tertiary/aromatic N) is 2. The fourth-order valence-electron chi connectivity index (χ4n) is 2.68. The van der Waals surface area contributed by atoms with Crippen LogP contribution in [0.25, 0.3) is 0 Å².